The van der Waals surface area contributed by atoms with Crippen molar-refractivity contribution in [3.8, 4) is 29.8 Å². The second kappa shape index (κ2) is 53.7. The number of Topliss-reactive ketones (excluding diaryl/α,β-unsaturated/α-hetero) is 2. The molecule has 1 aliphatic rings. The van der Waals surface area contributed by atoms with Crippen molar-refractivity contribution < 1.29 is 217 Å². The van der Waals surface area contributed by atoms with Gasteiger partial charge in [0.05, 0.1) is 69.9 Å². The molecule has 6 N–H and O–H groups in total. The standard InChI is InChI=1S/C16H13BrN4O3.C16H13BrN4O2.C9H6BrNO.C7H8BrN3O2.C4H6O4.C2H4O2.CH2O3.B.2K.Na.H/c1-23-16-12(17)5-6-13(20-16)15(19)21-24-9-14(22)11-4-2-3-10(7-11)8-18;1-22-16-12(17)5-6-13(20-16)15-19-14(9-23-21-15)11-4-2-3-10(7-11)8-18;1-11-8-4-2-3-7(5-8)9(12)6-10;1-13-7-4(8)2-3-5(10-7)6(9)11-12;1-3(5)7-8-4(2)6;1-2(3)4;2-1-4-3;;;;;/h2-7H,9H2,1H3,(H2,19,21);2-7,14H,9H2,1H3,(H,19,21);2-5H,6H2;2-3,12H,1H3,(H2,9,11);1-2H3;1H3,(H,3,4);1,3H;;;;;/q;;;;;;;;3*+1;-1/p-2. The van der Waals surface area contributed by atoms with Gasteiger partial charge >= 0.3 is 144 Å². The average Bonchev–Trinajstić information content (AvgIpc) is 0.970. The Morgan fingerprint density at radius 3 is 1.68 bits per heavy atom. The van der Waals surface area contributed by atoms with E-state index in [0.717, 1.165) is 30.8 Å². The maximum Gasteiger partial charge on any atom is 1.00 e. The second-order valence-corrected chi connectivity index (χ2v) is 18.7. The molecular formula is C55H51BBr4K2N12NaO17. The summed E-state index contributed by atoms with van der Waals surface area (Å²) in [7, 11) is 4.53. The molecule has 7 rings (SSSR count). The van der Waals surface area contributed by atoms with Crippen LogP contribution in [0.5, 0.6) is 17.6 Å². The molecule has 1 aliphatic heterocycles. The molecule has 29 nitrogen and oxygen atoms in total. The van der Waals surface area contributed by atoms with Gasteiger partial charge in [0.25, 0.3) is 6.47 Å². The molecule has 4 heterocycles. The molecule has 37 heteroatoms. The van der Waals surface area contributed by atoms with E-state index in [0.29, 0.717) is 89.4 Å². The van der Waals surface area contributed by atoms with Gasteiger partial charge in [-0.25, -0.2) is 44.6 Å². The van der Waals surface area contributed by atoms with Crippen molar-refractivity contribution in [2.45, 2.75) is 26.8 Å². The summed E-state index contributed by atoms with van der Waals surface area (Å²) in [5.41, 5.74) is 18.6. The van der Waals surface area contributed by atoms with Crippen LogP contribution >= 0.6 is 63.7 Å². The average molecular weight is 1580 g/mol. The number of carboxylic acids is 1. The van der Waals surface area contributed by atoms with Gasteiger partial charge < -0.3 is 57.2 Å². The fourth-order valence-electron chi connectivity index (χ4n) is 5.68. The molecule has 0 fully saturated rings. The van der Waals surface area contributed by atoms with Gasteiger partial charge in [0, 0.05) is 39.4 Å². The maximum atomic E-state index is 12.0. The third kappa shape index (κ3) is 37.3. The zero-order valence-electron chi connectivity index (χ0n) is 51.4. The first kappa shape index (κ1) is 92.8. The van der Waals surface area contributed by atoms with E-state index in [1.54, 1.807) is 79.9 Å². The summed E-state index contributed by atoms with van der Waals surface area (Å²) in [5.74, 6) is -0.967. The number of rotatable bonds is 14. The van der Waals surface area contributed by atoms with Gasteiger partial charge in [0.15, 0.2) is 35.6 Å². The molecule has 0 amide bonds. The van der Waals surface area contributed by atoms with Crippen molar-refractivity contribution in [2.24, 2.45) is 26.8 Å². The minimum absolute atomic E-state index is 0. The number of oxime groups is 2. The van der Waals surface area contributed by atoms with Gasteiger partial charge in [-0.05, 0) is 127 Å². The van der Waals surface area contributed by atoms with E-state index in [4.69, 9.17) is 77.6 Å². The maximum absolute atomic E-state index is 12.0. The predicted octanol–water partition coefficient (Wildman–Crippen LogP) is -3.28. The van der Waals surface area contributed by atoms with Crippen LogP contribution in [0.4, 0.5) is 5.69 Å². The molecule has 467 valence electrons. The number of nitrogens with zero attached hydrogens (tertiary/aromatic N) is 9. The molecular weight excluding hydrogens is 1530 g/mol. The molecule has 6 aromatic rings. The number of aromatic nitrogens is 3. The number of ether oxygens (including phenoxy) is 3. The van der Waals surface area contributed by atoms with Gasteiger partial charge in [-0.3, -0.25) is 24.2 Å². The molecule has 3 aromatic heterocycles. The minimum atomic E-state index is -1.08. The Bertz CT molecular complexity index is 3580. The normalized spacial score (nSPS) is 11.0. The van der Waals surface area contributed by atoms with Crippen molar-refractivity contribution >= 4 is 131 Å². The first-order valence-electron chi connectivity index (χ1n) is 23.9. The van der Waals surface area contributed by atoms with Crippen molar-refractivity contribution in [1.82, 2.24) is 20.4 Å². The number of amidine groups is 3. The molecule has 1 atom stereocenters. The molecule has 0 bridgehead atoms. The number of nitriles is 2. The number of benzene rings is 3. The van der Waals surface area contributed by atoms with E-state index < -0.39 is 17.9 Å². The van der Waals surface area contributed by atoms with Crippen LogP contribution in [-0.4, -0.2) is 122 Å². The summed E-state index contributed by atoms with van der Waals surface area (Å²) < 4.78 is 17.4. The number of alkyl halides is 1. The minimum Gasteiger partial charge on any atom is -1.00 e. The Morgan fingerprint density at radius 2 is 1.23 bits per heavy atom. The van der Waals surface area contributed by atoms with Gasteiger partial charge in [-0.2, -0.15) is 10.5 Å². The van der Waals surface area contributed by atoms with Gasteiger partial charge in [0.2, 0.25) is 23.4 Å². The molecule has 3 aromatic carbocycles. The summed E-state index contributed by atoms with van der Waals surface area (Å²) >= 11 is 13.0. The zero-order valence-corrected chi connectivity index (χ0v) is 65.0. The van der Waals surface area contributed by atoms with Gasteiger partial charge in [-0.15, -0.1) is 0 Å². The molecule has 3 radical (unpaired) electrons. The number of ketones is 2. The number of carbonyl (C=O) groups is 6. The van der Waals surface area contributed by atoms with E-state index in [1.807, 2.05) is 36.4 Å². The fraction of sp³-hybridized carbons (Fsp3) is 0.182. The summed E-state index contributed by atoms with van der Waals surface area (Å²) in [6.45, 7) is 9.89. The summed E-state index contributed by atoms with van der Waals surface area (Å²) in [4.78, 5) is 101. The Morgan fingerprint density at radius 1 is 0.772 bits per heavy atom. The molecule has 0 spiro atoms. The number of carboxylic acid groups (broad SMARTS) is 1. The zero-order chi connectivity index (χ0) is 66.1. The number of halogens is 4. The number of hydroxylamine groups is 1. The molecule has 0 saturated carbocycles. The summed E-state index contributed by atoms with van der Waals surface area (Å²) in [5, 5.41) is 50.4. The Hall–Kier alpha value is -5.61. The van der Waals surface area contributed by atoms with Crippen LogP contribution in [0.3, 0.4) is 0 Å². The Kier molecular flexibility index (Phi) is 54.2. The molecule has 1 unspecified atom stereocenters. The predicted molar refractivity (Wildman–Crippen MR) is 329 cm³/mol. The van der Waals surface area contributed by atoms with Crippen LogP contribution in [0.2, 0.25) is 0 Å². The van der Waals surface area contributed by atoms with Crippen molar-refractivity contribution in [1.29, 1.82) is 10.5 Å². The number of nitrogens with one attached hydrogen (secondary N) is 1. The van der Waals surface area contributed by atoms with Crippen LogP contribution in [0.1, 0.15) is 82.7 Å². The number of hydrogen-bond acceptors (Lipinski definition) is 26. The van der Waals surface area contributed by atoms with E-state index in [-0.39, 0.29) is 185 Å². The van der Waals surface area contributed by atoms with E-state index in [9.17, 15) is 19.2 Å². The van der Waals surface area contributed by atoms with Crippen LogP contribution in [-0.2, 0) is 43.5 Å². The number of carbonyl (C=O) groups excluding carboxylic acids is 6. The van der Waals surface area contributed by atoms with Gasteiger partial charge in [-0.1, -0.05) is 68.7 Å². The molecule has 0 aliphatic carbocycles. The van der Waals surface area contributed by atoms with Crippen LogP contribution in [0.15, 0.2) is 138 Å². The molecule has 0 saturated heterocycles. The number of methoxy groups -OCH3 is 3. The number of pyridine rings is 3. The number of aliphatic imine (C=N–C) groups is 1. The van der Waals surface area contributed by atoms with E-state index in [2.05, 4.69) is 125 Å². The van der Waals surface area contributed by atoms with Crippen LogP contribution in [0.25, 0.3) is 4.85 Å². The van der Waals surface area contributed by atoms with Crippen molar-refractivity contribution in [3.05, 3.63) is 179 Å². The first-order chi connectivity index (χ1) is 42.0. The third-order valence-electron chi connectivity index (χ3n) is 9.40. The monoisotopic (exact) mass is 1580 g/mol. The second-order valence-electron chi connectivity index (χ2n) is 15.6. The van der Waals surface area contributed by atoms with Crippen molar-refractivity contribution in [2.75, 3.05) is 39.9 Å². The van der Waals surface area contributed by atoms with E-state index in [1.165, 1.54) is 20.3 Å². The fourth-order valence-corrected chi connectivity index (χ4v) is 7.15. The summed E-state index contributed by atoms with van der Waals surface area (Å²) in [6.07, 6.45) is 0. The van der Waals surface area contributed by atoms with Crippen molar-refractivity contribution in [3.63, 3.8) is 0 Å². The SMILES string of the molecule is CC(=O)OOC(C)=O.CC(=O)[O-].COc1nc(/C(N)=N/O)ccc1Br.COc1nc(/C(N)=N/OCC(=O)c2cccc(C#N)c2)ccc1Br.COc1nc(C2=NC(c3cccc(C#N)c3)CON2)ccc1Br.O=CO[O-].[B].[C-]#[N+]c1cccc(C(=O)CBr)c1.[H-].[K+].[K+].[Na+]. The number of aliphatic carboxylic acids is 1. The number of hydrogen-bond donors (Lipinski definition) is 4. The van der Waals surface area contributed by atoms with Gasteiger partial charge in [0.1, 0.15) is 29.7 Å². The largest absolute Gasteiger partial charge is 1.00 e. The summed E-state index contributed by atoms with van der Waals surface area (Å²) in [6, 6.07) is 34.6. The topological polar surface area (TPSA) is 434 Å². The Labute approximate surface area is 671 Å². The first-order valence-corrected chi connectivity index (χ1v) is 27.4. The van der Waals surface area contributed by atoms with Crippen LogP contribution < -0.4 is 174 Å². The third-order valence-corrected chi connectivity index (χ3v) is 11.7. The Balaban J connectivity index is -0.000000346. The van der Waals surface area contributed by atoms with E-state index >= 15 is 0 Å². The molecule has 92 heavy (non-hydrogen) atoms. The number of nitrogens with two attached hydrogens (primary N) is 2. The van der Waals surface area contributed by atoms with Crippen LogP contribution in [0, 0.1) is 29.2 Å². The quantitative estimate of drug-likeness (QED) is 0.00793. The smallest absolute Gasteiger partial charge is 1.00 e.